The molecule has 5 heteroatoms. The van der Waals surface area contributed by atoms with Crippen LogP contribution in [0.15, 0.2) is 76.6 Å². The predicted molar refractivity (Wildman–Crippen MR) is 138 cm³/mol. The number of amidine groups is 1. The first-order valence-corrected chi connectivity index (χ1v) is 12.4. The van der Waals surface area contributed by atoms with Crippen molar-refractivity contribution in [3.05, 3.63) is 77.2 Å². The summed E-state index contributed by atoms with van der Waals surface area (Å²) in [6.07, 6.45) is 6.54. The van der Waals surface area contributed by atoms with E-state index >= 15 is 0 Å². The molecule has 3 aromatic carbocycles. The highest BCUT2D eigenvalue weighted by Gasteiger charge is 2.41. The van der Waals surface area contributed by atoms with E-state index < -0.39 is 0 Å². The van der Waals surface area contributed by atoms with E-state index in [1.165, 1.54) is 18.2 Å². The molecule has 0 spiro atoms. The van der Waals surface area contributed by atoms with E-state index in [1.54, 1.807) is 7.11 Å². The Morgan fingerprint density at radius 2 is 1.76 bits per heavy atom. The zero-order valence-corrected chi connectivity index (χ0v) is 19.8. The maximum absolute atomic E-state index is 13.8. The Bertz CT molecular complexity index is 1240. The molecule has 2 aliphatic rings. The monoisotopic (exact) mass is 456 g/mol. The summed E-state index contributed by atoms with van der Waals surface area (Å²) in [5, 5.41) is 2.97. The third-order valence-corrected chi connectivity index (χ3v) is 7.62. The molecular weight excluding hydrogens is 428 g/mol. The van der Waals surface area contributed by atoms with Crippen LogP contribution in [0.25, 0.3) is 16.8 Å². The third kappa shape index (κ3) is 4.30. The van der Waals surface area contributed by atoms with E-state index in [-0.39, 0.29) is 11.9 Å². The van der Waals surface area contributed by atoms with Crippen molar-refractivity contribution in [1.29, 1.82) is 0 Å². The summed E-state index contributed by atoms with van der Waals surface area (Å²) in [5.74, 6) is 1.26. The highest BCUT2D eigenvalue weighted by Crippen LogP contribution is 2.41. The van der Waals surface area contributed by atoms with Crippen molar-refractivity contribution < 1.29 is 9.53 Å². The number of para-hydroxylation sites is 1. The van der Waals surface area contributed by atoms with Crippen molar-refractivity contribution >= 4 is 45.4 Å². The standard InChI is InChI=1S/C28H28N2O2S/c1-19-10-6-9-15-24(19)30-27(31)26(33-28(30)29-21-12-4-3-5-13-21)18-23-22-14-8-7-11-20(22)16-17-25(23)32-2/h3-5,7-8,11-14,16-19,24H,6,9-10,15H2,1-2H3/b26-18-,29-28?/t19-,24-/m0/s1. The van der Waals surface area contributed by atoms with Gasteiger partial charge in [0.1, 0.15) is 5.75 Å². The fraction of sp³-hybridized carbons (Fsp3) is 0.286. The van der Waals surface area contributed by atoms with Crippen LogP contribution in [0.3, 0.4) is 0 Å². The number of hydrogen-bond acceptors (Lipinski definition) is 4. The molecule has 1 saturated heterocycles. The number of carbonyl (C=O) groups excluding carboxylic acids is 1. The van der Waals surface area contributed by atoms with Crippen LogP contribution in [0.5, 0.6) is 5.75 Å². The van der Waals surface area contributed by atoms with Crippen molar-refractivity contribution in [2.45, 2.75) is 38.6 Å². The Hall–Kier alpha value is -3.05. The van der Waals surface area contributed by atoms with Gasteiger partial charge in [-0.25, -0.2) is 4.99 Å². The summed E-state index contributed by atoms with van der Waals surface area (Å²) < 4.78 is 5.67. The lowest BCUT2D eigenvalue weighted by Crippen LogP contribution is -2.44. The van der Waals surface area contributed by atoms with Gasteiger partial charge in [-0.05, 0) is 65.6 Å². The smallest absolute Gasteiger partial charge is 0.267 e. The molecule has 0 radical (unpaired) electrons. The summed E-state index contributed by atoms with van der Waals surface area (Å²) in [7, 11) is 1.67. The zero-order chi connectivity index (χ0) is 22.8. The molecule has 3 aromatic rings. The van der Waals surface area contributed by atoms with Gasteiger partial charge in [0.05, 0.1) is 17.7 Å². The van der Waals surface area contributed by atoms with Gasteiger partial charge >= 0.3 is 0 Å². The van der Waals surface area contributed by atoms with Crippen molar-refractivity contribution in [1.82, 2.24) is 4.90 Å². The van der Waals surface area contributed by atoms with Crippen LogP contribution in [0, 0.1) is 5.92 Å². The molecule has 33 heavy (non-hydrogen) atoms. The number of rotatable bonds is 4. The number of methoxy groups -OCH3 is 1. The SMILES string of the molecule is COc1ccc2ccccc2c1/C=C1\SC(=Nc2ccccc2)N([C@H]2CCCC[C@@H]2C)C1=O. The first-order valence-electron chi connectivity index (χ1n) is 11.6. The van der Waals surface area contributed by atoms with Crippen LogP contribution >= 0.6 is 11.8 Å². The molecule has 2 atom stereocenters. The first-order chi connectivity index (χ1) is 16.2. The zero-order valence-electron chi connectivity index (χ0n) is 19.0. The van der Waals surface area contributed by atoms with Crippen LogP contribution in [-0.2, 0) is 4.79 Å². The number of carbonyl (C=O) groups is 1. The number of amides is 1. The fourth-order valence-electron chi connectivity index (χ4n) is 4.88. The lowest BCUT2D eigenvalue weighted by Gasteiger charge is -2.35. The van der Waals surface area contributed by atoms with E-state index in [2.05, 4.69) is 25.1 Å². The molecule has 2 fully saturated rings. The summed E-state index contributed by atoms with van der Waals surface area (Å²) >= 11 is 1.47. The molecule has 0 unspecified atom stereocenters. The van der Waals surface area contributed by atoms with Gasteiger partial charge in [-0.3, -0.25) is 9.69 Å². The van der Waals surface area contributed by atoms with Gasteiger partial charge in [-0.2, -0.15) is 0 Å². The molecule has 0 aromatic heterocycles. The minimum Gasteiger partial charge on any atom is -0.496 e. The molecule has 168 valence electrons. The summed E-state index contributed by atoms with van der Waals surface area (Å²) in [6.45, 7) is 2.26. The number of fused-ring (bicyclic) bond motifs is 1. The lowest BCUT2D eigenvalue weighted by atomic mass is 9.85. The number of aliphatic imine (C=N–C) groups is 1. The Morgan fingerprint density at radius 1 is 1.00 bits per heavy atom. The van der Waals surface area contributed by atoms with Crippen LogP contribution in [0.1, 0.15) is 38.2 Å². The Kier molecular flexibility index (Phi) is 6.23. The fourth-order valence-corrected chi connectivity index (χ4v) is 5.91. The average molecular weight is 457 g/mol. The number of nitrogens with zero attached hydrogens (tertiary/aromatic N) is 2. The average Bonchev–Trinajstić information content (AvgIpc) is 3.14. The minimum absolute atomic E-state index is 0.0448. The van der Waals surface area contributed by atoms with Crippen molar-refractivity contribution in [3.63, 3.8) is 0 Å². The molecule has 0 bridgehead atoms. The Morgan fingerprint density at radius 3 is 2.55 bits per heavy atom. The van der Waals surface area contributed by atoms with Gasteiger partial charge in [-0.1, -0.05) is 68.3 Å². The number of benzene rings is 3. The molecule has 1 amide bonds. The third-order valence-electron chi connectivity index (χ3n) is 6.64. The molecular formula is C28H28N2O2S. The van der Waals surface area contributed by atoms with Gasteiger partial charge in [0.25, 0.3) is 5.91 Å². The molecule has 4 nitrogen and oxygen atoms in total. The highest BCUT2D eigenvalue weighted by atomic mass is 32.2. The molecule has 0 N–H and O–H groups in total. The van der Waals surface area contributed by atoms with E-state index in [4.69, 9.17) is 9.73 Å². The van der Waals surface area contributed by atoms with Gasteiger partial charge in [-0.15, -0.1) is 0 Å². The van der Waals surface area contributed by atoms with Crippen LogP contribution in [0.4, 0.5) is 5.69 Å². The topological polar surface area (TPSA) is 41.9 Å². The van der Waals surface area contributed by atoms with Crippen molar-refractivity contribution in [2.75, 3.05) is 7.11 Å². The van der Waals surface area contributed by atoms with E-state index in [0.717, 1.165) is 52.2 Å². The Labute approximate surface area is 199 Å². The number of thioether (sulfide) groups is 1. The van der Waals surface area contributed by atoms with Gasteiger partial charge in [0, 0.05) is 11.6 Å². The maximum Gasteiger partial charge on any atom is 0.267 e. The van der Waals surface area contributed by atoms with Gasteiger partial charge in [0.15, 0.2) is 5.17 Å². The van der Waals surface area contributed by atoms with Crippen molar-refractivity contribution in [2.24, 2.45) is 10.9 Å². The quantitative estimate of drug-likeness (QED) is 0.396. The number of ether oxygens (including phenoxy) is 1. The molecule has 1 saturated carbocycles. The second-order valence-electron chi connectivity index (χ2n) is 8.75. The second-order valence-corrected chi connectivity index (χ2v) is 9.76. The Balaban J connectivity index is 1.61. The molecule has 1 heterocycles. The molecule has 1 aliphatic carbocycles. The summed E-state index contributed by atoms with van der Waals surface area (Å²) in [4.78, 5) is 21.4. The van der Waals surface area contributed by atoms with E-state index in [9.17, 15) is 4.79 Å². The van der Waals surface area contributed by atoms with Crippen LogP contribution in [-0.4, -0.2) is 29.1 Å². The molecule has 5 rings (SSSR count). The van der Waals surface area contributed by atoms with Crippen LogP contribution in [0.2, 0.25) is 0 Å². The van der Waals surface area contributed by atoms with Crippen LogP contribution < -0.4 is 4.74 Å². The highest BCUT2D eigenvalue weighted by molar-refractivity contribution is 8.18. The normalized spacial score (nSPS) is 23.6. The maximum atomic E-state index is 13.8. The predicted octanol–water partition coefficient (Wildman–Crippen LogP) is 7.03. The van der Waals surface area contributed by atoms with E-state index in [1.807, 2.05) is 59.5 Å². The summed E-state index contributed by atoms with van der Waals surface area (Å²) in [6, 6.07) is 22.3. The van der Waals surface area contributed by atoms with Crippen molar-refractivity contribution in [3.8, 4) is 5.75 Å². The molecule has 1 aliphatic heterocycles. The van der Waals surface area contributed by atoms with Gasteiger partial charge in [0.2, 0.25) is 0 Å². The number of hydrogen-bond donors (Lipinski definition) is 0. The first kappa shape index (κ1) is 21.8. The minimum atomic E-state index is 0.0448. The summed E-state index contributed by atoms with van der Waals surface area (Å²) in [5.41, 5.74) is 1.80. The second kappa shape index (κ2) is 9.44. The van der Waals surface area contributed by atoms with Gasteiger partial charge < -0.3 is 4.74 Å². The largest absolute Gasteiger partial charge is 0.496 e. The lowest BCUT2D eigenvalue weighted by molar-refractivity contribution is -0.124. The van der Waals surface area contributed by atoms with E-state index in [0.29, 0.717) is 10.8 Å².